The molecule has 0 unspecified atom stereocenters. The molecule has 3 fully saturated rings. The lowest BCUT2D eigenvalue weighted by Gasteiger charge is -2.35. The Kier molecular flexibility index (Phi) is 4.91. The van der Waals surface area contributed by atoms with E-state index in [1.807, 2.05) is 4.90 Å². The van der Waals surface area contributed by atoms with E-state index in [4.69, 9.17) is 4.74 Å². The van der Waals surface area contributed by atoms with Crippen LogP contribution in [0.3, 0.4) is 0 Å². The standard InChI is InChI=1S/C24H28FN3O5/c1-24(2,3)33-23(32)26-18-11-27(9-12-6-14(12)18)20-8-19-15(7-17(20)25)21(29)16(22(30)31)10-28(19)13-4-5-13/h7-8,10,12-14,18H,4-6,9,11H2,1-3H3,(H,26,32)(H,30,31)/t12-,14-,18-/m1/s1. The van der Waals surface area contributed by atoms with Crippen molar-refractivity contribution in [2.45, 2.75) is 57.7 Å². The summed E-state index contributed by atoms with van der Waals surface area (Å²) in [5.74, 6) is -1.18. The van der Waals surface area contributed by atoms with E-state index in [9.17, 15) is 19.5 Å². The summed E-state index contributed by atoms with van der Waals surface area (Å²) in [5, 5.41) is 12.4. The van der Waals surface area contributed by atoms with Crippen molar-refractivity contribution < 1.29 is 23.8 Å². The molecule has 0 spiro atoms. The smallest absolute Gasteiger partial charge is 0.407 e. The number of hydrogen-bond acceptors (Lipinski definition) is 5. The minimum atomic E-state index is -1.31. The van der Waals surface area contributed by atoms with Crippen LogP contribution in [0.2, 0.25) is 0 Å². The van der Waals surface area contributed by atoms with Crippen molar-refractivity contribution in [3.8, 4) is 0 Å². The molecule has 2 saturated carbocycles. The fraction of sp³-hybridized carbons (Fsp3) is 0.542. The van der Waals surface area contributed by atoms with E-state index < -0.39 is 28.9 Å². The number of carboxylic acid groups (broad SMARTS) is 1. The number of fused-ring (bicyclic) bond motifs is 2. The molecule has 2 N–H and O–H groups in total. The van der Waals surface area contributed by atoms with Crippen LogP contribution < -0.4 is 15.6 Å². The number of alkyl carbamates (subject to hydrolysis) is 1. The quantitative estimate of drug-likeness (QED) is 0.729. The average Bonchev–Trinajstić information content (AvgIpc) is 3.60. The summed E-state index contributed by atoms with van der Waals surface area (Å²) in [4.78, 5) is 38.5. The van der Waals surface area contributed by atoms with E-state index >= 15 is 4.39 Å². The summed E-state index contributed by atoms with van der Waals surface area (Å²) in [7, 11) is 0. The van der Waals surface area contributed by atoms with Gasteiger partial charge < -0.3 is 24.6 Å². The van der Waals surface area contributed by atoms with Crippen molar-refractivity contribution in [2.75, 3.05) is 18.0 Å². The Balaban J connectivity index is 1.48. The van der Waals surface area contributed by atoms with E-state index in [0.717, 1.165) is 25.3 Å². The van der Waals surface area contributed by atoms with Crippen molar-refractivity contribution in [2.24, 2.45) is 11.8 Å². The molecule has 2 aliphatic carbocycles. The lowest BCUT2D eigenvalue weighted by atomic mass is 10.0. The summed E-state index contributed by atoms with van der Waals surface area (Å²) >= 11 is 0. The molecule has 1 aromatic heterocycles. The fourth-order valence-corrected chi connectivity index (χ4v) is 4.92. The number of amides is 1. The van der Waals surface area contributed by atoms with Crippen LogP contribution in [0.5, 0.6) is 0 Å². The second kappa shape index (κ2) is 7.46. The maximum atomic E-state index is 15.3. The number of piperidine rings is 1. The number of rotatable bonds is 4. The minimum absolute atomic E-state index is 0.0767. The van der Waals surface area contributed by atoms with Gasteiger partial charge in [-0.15, -0.1) is 0 Å². The highest BCUT2D eigenvalue weighted by molar-refractivity contribution is 5.93. The highest BCUT2D eigenvalue weighted by Crippen LogP contribution is 2.47. The highest BCUT2D eigenvalue weighted by atomic mass is 19.1. The molecule has 3 aliphatic rings. The lowest BCUT2D eigenvalue weighted by Crippen LogP contribution is -2.50. The SMILES string of the molecule is CC(C)(C)OC(=O)N[C@@H]1CN(c2cc3c(cc2F)c(=O)c(C(=O)O)cn3C2CC2)C[C@H]2C[C@H]21. The third kappa shape index (κ3) is 4.16. The monoisotopic (exact) mass is 457 g/mol. The van der Waals surface area contributed by atoms with Crippen LogP contribution in [0.1, 0.15) is 56.4 Å². The first kappa shape index (κ1) is 21.7. The molecule has 8 nitrogen and oxygen atoms in total. The van der Waals surface area contributed by atoms with E-state index in [1.165, 1.54) is 6.20 Å². The molecule has 1 aromatic carbocycles. The zero-order valence-electron chi connectivity index (χ0n) is 18.9. The van der Waals surface area contributed by atoms with Gasteiger partial charge in [0.2, 0.25) is 5.43 Å². The van der Waals surface area contributed by atoms with Crippen molar-refractivity contribution in [3.63, 3.8) is 0 Å². The lowest BCUT2D eigenvalue weighted by molar-refractivity contribution is 0.0494. The number of halogens is 1. The molecular formula is C24H28FN3O5. The molecule has 33 heavy (non-hydrogen) atoms. The van der Waals surface area contributed by atoms with E-state index in [2.05, 4.69) is 5.32 Å². The van der Waals surface area contributed by atoms with Crippen molar-refractivity contribution in [1.82, 2.24) is 9.88 Å². The van der Waals surface area contributed by atoms with Crippen LogP contribution in [0.25, 0.3) is 10.9 Å². The topological polar surface area (TPSA) is 101 Å². The summed E-state index contributed by atoms with van der Waals surface area (Å²) in [6.07, 6.45) is 3.63. The Morgan fingerprint density at radius 3 is 2.58 bits per heavy atom. The predicted molar refractivity (Wildman–Crippen MR) is 120 cm³/mol. The molecule has 1 saturated heterocycles. The second-order valence-corrected chi connectivity index (χ2v) is 10.5. The van der Waals surface area contributed by atoms with Gasteiger partial charge in [-0.25, -0.2) is 14.0 Å². The number of ether oxygens (including phenoxy) is 1. The number of carboxylic acids is 1. The van der Waals surface area contributed by atoms with Crippen molar-refractivity contribution in [1.29, 1.82) is 0 Å². The molecule has 5 rings (SSSR count). The molecular weight excluding hydrogens is 429 g/mol. The molecule has 2 aromatic rings. The van der Waals surface area contributed by atoms with Crippen molar-refractivity contribution >= 4 is 28.7 Å². The largest absolute Gasteiger partial charge is 0.477 e. The Morgan fingerprint density at radius 2 is 1.94 bits per heavy atom. The Labute approximate surface area is 190 Å². The number of aromatic nitrogens is 1. The molecule has 0 bridgehead atoms. The predicted octanol–water partition coefficient (Wildman–Crippen LogP) is 3.52. The van der Waals surface area contributed by atoms with E-state index in [-0.39, 0.29) is 23.0 Å². The maximum Gasteiger partial charge on any atom is 0.407 e. The van der Waals surface area contributed by atoms with Gasteiger partial charge in [0.25, 0.3) is 0 Å². The van der Waals surface area contributed by atoms with Gasteiger partial charge in [-0.1, -0.05) is 0 Å². The van der Waals surface area contributed by atoms with Crippen LogP contribution in [0.15, 0.2) is 23.1 Å². The van der Waals surface area contributed by atoms with Gasteiger partial charge in [-0.05, 0) is 64.0 Å². The van der Waals surface area contributed by atoms with Crippen molar-refractivity contribution in [3.05, 3.63) is 39.9 Å². The zero-order chi connectivity index (χ0) is 23.7. The average molecular weight is 458 g/mol. The third-order valence-corrected chi connectivity index (χ3v) is 6.68. The second-order valence-electron chi connectivity index (χ2n) is 10.5. The molecule has 1 amide bonds. The van der Waals surface area contributed by atoms with Gasteiger partial charge >= 0.3 is 12.1 Å². The van der Waals surface area contributed by atoms with Crippen LogP contribution in [0, 0.1) is 17.7 Å². The Bertz CT molecular complexity index is 1210. The van der Waals surface area contributed by atoms with Gasteiger partial charge in [0.1, 0.15) is 17.0 Å². The first-order valence-corrected chi connectivity index (χ1v) is 11.4. The van der Waals surface area contributed by atoms with Gasteiger partial charge in [0.05, 0.1) is 17.2 Å². The molecule has 2 heterocycles. The number of anilines is 1. The van der Waals surface area contributed by atoms with Gasteiger partial charge in [-0.3, -0.25) is 4.79 Å². The third-order valence-electron chi connectivity index (χ3n) is 6.68. The van der Waals surface area contributed by atoms with Gasteiger partial charge in [0, 0.05) is 30.7 Å². The zero-order valence-corrected chi connectivity index (χ0v) is 18.9. The number of pyridine rings is 1. The number of nitrogens with one attached hydrogen (secondary N) is 1. The minimum Gasteiger partial charge on any atom is -0.477 e. The van der Waals surface area contributed by atoms with E-state index in [0.29, 0.717) is 36.1 Å². The first-order chi connectivity index (χ1) is 15.5. The van der Waals surface area contributed by atoms with E-state index in [1.54, 1.807) is 31.4 Å². The molecule has 176 valence electrons. The normalized spacial score (nSPS) is 24.4. The van der Waals surface area contributed by atoms with Crippen LogP contribution in [-0.2, 0) is 4.74 Å². The highest BCUT2D eigenvalue weighted by Gasteiger charge is 2.49. The van der Waals surface area contributed by atoms with Gasteiger partial charge in [-0.2, -0.15) is 0 Å². The summed E-state index contributed by atoms with van der Waals surface area (Å²) in [6, 6.07) is 2.77. The number of benzene rings is 1. The van der Waals surface area contributed by atoms with Crippen LogP contribution in [0.4, 0.5) is 14.9 Å². The number of carbonyl (C=O) groups is 2. The molecule has 9 heteroatoms. The first-order valence-electron chi connectivity index (χ1n) is 11.4. The summed E-state index contributed by atoms with van der Waals surface area (Å²) in [6.45, 7) is 6.52. The Hall–Kier alpha value is -3.10. The van der Waals surface area contributed by atoms with Gasteiger partial charge in [0.15, 0.2) is 0 Å². The Morgan fingerprint density at radius 1 is 1.21 bits per heavy atom. The number of hydrogen-bond donors (Lipinski definition) is 2. The number of nitrogens with zero attached hydrogens (tertiary/aromatic N) is 2. The van der Waals surface area contributed by atoms with Crippen LogP contribution in [-0.4, -0.2) is 46.5 Å². The molecule has 1 aliphatic heterocycles. The van der Waals surface area contributed by atoms with Crippen LogP contribution >= 0.6 is 0 Å². The molecule has 3 atom stereocenters. The number of aromatic carboxylic acids is 1. The number of carbonyl (C=O) groups excluding carboxylic acids is 1. The molecule has 0 radical (unpaired) electrons. The summed E-state index contributed by atoms with van der Waals surface area (Å²) in [5.41, 5.74) is -0.723. The summed E-state index contributed by atoms with van der Waals surface area (Å²) < 4.78 is 22.5. The fourth-order valence-electron chi connectivity index (χ4n) is 4.92. The maximum absolute atomic E-state index is 15.3.